The third-order valence-electron chi connectivity index (χ3n) is 3.03. The summed E-state index contributed by atoms with van der Waals surface area (Å²) in [5, 5.41) is 3.01. The molecule has 3 nitrogen and oxygen atoms in total. The molecule has 0 saturated carbocycles. The molecule has 13 heavy (non-hydrogen) atoms. The van der Waals surface area contributed by atoms with Gasteiger partial charge in [0.05, 0.1) is 0 Å². The maximum Gasteiger partial charge on any atom is 0.217 e. The first-order chi connectivity index (χ1) is 6.00. The highest BCUT2D eigenvalue weighted by molar-refractivity contribution is 5.73. The molecule has 3 heteroatoms. The number of piperidine rings is 1. The highest BCUT2D eigenvalue weighted by Crippen LogP contribution is 2.21. The predicted molar refractivity (Wildman–Crippen MR) is 53.4 cm³/mol. The first-order valence-electron chi connectivity index (χ1n) is 4.96. The van der Waals surface area contributed by atoms with Crippen molar-refractivity contribution in [1.29, 1.82) is 0 Å². The van der Waals surface area contributed by atoms with E-state index in [0.717, 1.165) is 13.1 Å². The molecule has 0 spiro atoms. The van der Waals surface area contributed by atoms with Crippen LogP contribution < -0.4 is 5.32 Å². The van der Waals surface area contributed by atoms with Gasteiger partial charge in [0.1, 0.15) is 0 Å². The molecule has 0 bridgehead atoms. The molecule has 0 aliphatic carbocycles. The van der Waals surface area contributed by atoms with Crippen LogP contribution in [0.1, 0.15) is 20.8 Å². The molecule has 1 fully saturated rings. The average molecular weight is 184 g/mol. The fraction of sp³-hybridized carbons (Fsp3) is 0.900. The zero-order valence-corrected chi connectivity index (χ0v) is 9.00. The Morgan fingerprint density at radius 1 is 1.38 bits per heavy atom. The molecule has 0 aromatic carbocycles. The molecule has 1 saturated heterocycles. The molecule has 0 aromatic rings. The third kappa shape index (κ3) is 2.69. The van der Waals surface area contributed by atoms with Crippen molar-refractivity contribution in [2.24, 2.45) is 11.8 Å². The Balaban J connectivity index is 2.55. The van der Waals surface area contributed by atoms with Gasteiger partial charge in [-0.3, -0.25) is 4.79 Å². The lowest BCUT2D eigenvalue weighted by molar-refractivity contribution is -0.120. The minimum Gasteiger partial charge on any atom is -0.352 e. The van der Waals surface area contributed by atoms with Gasteiger partial charge in [-0.05, 0) is 18.9 Å². The molecule has 1 rings (SSSR count). The summed E-state index contributed by atoms with van der Waals surface area (Å²) in [6, 6.07) is 0.325. The number of amides is 1. The number of carbonyl (C=O) groups is 1. The Kier molecular flexibility index (Phi) is 3.31. The van der Waals surface area contributed by atoms with Crippen LogP contribution in [0.2, 0.25) is 0 Å². The summed E-state index contributed by atoms with van der Waals surface area (Å²) in [6.07, 6.45) is 0. The summed E-state index contributed by atoms with van der Waals surface area (Å²) in [7, 11) is 2.11. The van der Waals surface area contributed by atoms with Gasteiger partial charge in [-0.15, -0.1) is 0 Å². The van der Waals surface area contributed by atoms with E-state index in [1.165, 1.54) is 0 Å². The number of likely N-dealkylation sites (tertiary alicyclic amines) is 1. The van der Waals surface area contributed by atoms with Gasteiger partial charge >= 0.3 is 0 Å². The van der Waals surface area contributed by atoms with E-state index in [2.05, 4.69) is 31.1 Å². The quantitative estimate of drug-likeness (QED) is 0.651. The summed E-state index contributed by atoms with van der Waals surface area (Å²) in [4.78, 5) is 13.2. The number of hydrogen-bond acceptors (Lipinski definition) is 2. The second-order valence-electron chi connectivity index (χ2n) is 4.36. The van der Waals surface area contributed by atoms with Crippen LogP contribution in [0.4, 0.5) is 0 Å². The molecule has 1 aliphatic rings. The highest BCUT2D eigenvalue weighted by Gasteiger charge is 2.29. The van der Waals surface area contributed by atoms with Gasteiger partial charge in [0, 0.05) is 26.1 Å². The summed E-state index contributed by atoms with van der Waals surface area (Å²) >= 11 is 0. The first kappa shape index (κ1) is 10.5. The van der Waals surface area contributed by atoms with E-state index in [1.807, 2.05) is 0 Å². The number of likely N-dealkylation sites (N-methyl/N-ethyl adjacent to an activating group) is 1. The third-order valence-corrected chi connectivity index (χ3v) is 3.03. The SMILES string of the molecule is CC(=O)NC1CN(C)CC(C)C1C. The van der Waals surface area contributed by atoms with Gasteiger partial charge in [-0.2, -0.15) is 0 Å². The standard InChI is InChI=1S/C10H20N2O/c1-7-5-12(4)6-10(8(7)2)11-9(3)13/h7-8,10H,5-6H2,1-4H3,(H,11,13). The zero-order valence-electron chi connectivity index (χ0n) is 9.00. The van der Waals surface area contributed by atoms with Gasteiger partial charge in [0.2, 0.25) is 5.91 Å². The fourth-order valence-electron chi connectivity index (χ4n) is 2.07. The van der Waals surface area contributed by atoms with Crippen molar-refractivity contribution in [3.05, 3.63) is 0 Å². The van der Waals surface area contributed by atoms with Crippen molar-refractivity contribution in [2.45, 2.75) is 26.8 Å². The largest absolute Gasteiger partial charge is 0.352 e. The van der Waals surface area contributed by atoms with E-state index >= 15 is 0 Å². The van der Waals surface area contributed by atoms with Crippen LogP contribution >= 0.6 is 0 Å². The maximum absolute atomic E-state index is 10.9. The number of rotatable bonds is 1. The van der Waals surface area contributed by atoms with Gasteiger partial charge in [0.25, 0.3) is 0 Å². The summed E-state index contributed by atoms with van der Waals surface area (Å²) in [5.41, 5.74) is 0. The van der Waals surface area contributed by atoms with Crippen LogP contribution in [0, 0.1) is 11.8 Å². The lowest BCUT2D eigenvalue weighted by Gasteiger charge is -2.39. The van der Waals surface area contributed by atoms with Crippen LogP contribution in [0.5, 0.6) is 0 Å². The second kappa shape index (κ2) is 4.09. The van der Waals surface area contributed by atoms with Crippen LogP contribution in [0.15, 0.2) is 0 Å². The van der Waals surface area contributed by atoms with E-state index in [1.54, 1.807) is 6.92 Å². The lowest BCUT2D eigenvalue weighted by atomic mass is 9.85. The predicted octanol–water partition coefficient (Wildman–Crippen LogP) is 0.709. The molecular weight excluding hydrogens is 164 g/mol. The molecular formula is C10H20N2O. The van der Waals surface area contributed by atoms with Crippen molar-refractivity contribution >= 4 is 5.91 Å². The second-order valence-corrected chi connectivity index (χ2v) is 4.36. The summed E-state index contributed by atoms with van der Waals surface area (Å²) < 4.78 is 0. The molecule has 1 heterocycles. The Bertz CT molecular complexity index is 193. The number of hydrogen-bond donors (Lipinski definition) is 1. The van der Waals surface area contributed by atoms with Crippen LogP contribution in [-0.2, 0) is 4.79 Å². The molecule has 1 N–H and O–H groups in total. The summed E-state index contributed by atoms with van der Waals surface area (Å²) in [6.45, 7) is 8.17. The van der Waals surface area contributed by atoms with Crippen LogP contribution in [-0.4, -0.2) is 37.0 Å². The molecule has 76 valence electrons. The van der Waals surface area contributed by atoms with E-state index < -0.39 is 0 Å². The zero-order chi connectivity index (χ0) is 10.0. The smallest absolute Gasteiger partial charge is 0.217 e. The fourth-order valence-corrected chi connectivity index (χ4v) is 2.07. The van der Waals surface area contributed by atoms with E-state index in [-0.39, 0.29) is 5.91 Å². The molecule has 1 aliphatic heterocycles. The Hall–Kier alpha value is -0.570. The Morgan fingerprint density at radius 2 is 2.00 bits per heavy atom. The Labute approximate surface area is 80.5 Å². The monoisotopic (exact) mass is 184 g/mol. The van der Waals surface area contributed by atoms with Crippen molar-refractivity contribution in [2.75, 3.05) is 20.1 Å². The van der Waals surface area contributed by atoms with Crippen LogP contribution in [0.25, 0.3) is 0 Å². The highest BCUT2D eigenvalue weighted by atomic mass is 16.1. The van der Waals surface area contributed by atoms with Crippen molar-refractivity contribution < 1.29 is 4.79 Å². The molecule has 3 unspecified atom stereocenters. The normalized spacial score (nSPS) is 35.8. The van der Waals surface area contributed by atoms with Crippen molar-refractivity contribution in [1.82, 2.24) is 10.2 Å². The Morgan fingerprint density at radius 3 is 2.54 bits per heavy atom. The van der Waals surface area contributed by atoms with Gasteiger partial charge in [-0.1, -0.05) is 13.8 Å². The molecule has 0 radical (unpaired) electrons. The number of nitrogens with one attached hydrogen (secondary N) is 1. The topological polar surface area (TPSA) is 32.3 Å². The summed E-state index contributed by atoms with van der Waals surface area (Å²) in [5.74, 6) is 1.33. The van der Waals surface area contributed by atoms with Gasteiger partial charge in [-0.25, -0.2) is 0 Å². The minimum absolute atomic E-state index is 0.0827. The molecule has 1 amide bonds. The number of nitrogens with zero attached hydrogens (tertiary/aromatic N) is 1. The van der Waals surface area contributed by atoms with E-state index in [9.17, 15) is 4.79 Å². The van der Waals surface area contributed by atoms with Crippen molar-refractivity contribution in [3.63, 3.8) is 0 Å². The lowest BCUT2D eigenvalue weighted by Crippen LogP contribution is -2.53. The minimum atomic E-state index is 0.0827. The van der Waals surface area contributed by atoms with Gasteiger partial charge < -0.3 is 10.2 Å². The maximum atomic E-state index is 10.9. The van der Waals surface area contributed by atoms with Crippen LogP contribution in [0.3, 0.4) is 0 Å². The molecule has 3 atom stereocenters. The van der Waals surface area contributed by atoms with E-state index in [4.69, 9.17) is 0 Å². The van der Waals surface area contributed by atoms with Crippen molar-refractivity contribution in [3.8, 4) is 0 Å². The average Bonchev–Trinajstić information content (AvgIpc) is 1.98. The van der Waals surface area contributed by atoms with E-state index in [0.29, 0.717) is 17.9 Å². The van der Waals surface area contributed by atoms with Gasteiger partial charge in [0.15, 0.2) is 0 Å². The first-order valence-corrected chi connectivity index (χ1v) is 4.96. The molecule has 0 aromatic heterocycles. The number of carbonyl (C=O) groups excluding carboxylic acids is 1.